The van der Waals surface area contributed by atoms with E-state index in [9.17, 15) is 29.2 Å². The lowest BCUT2D eigenvalue weighted by Crippen LogP contribution is -2.21. The maximum atomic E-state index is 13.7. The first-order valence-electron chi connectivity index (χ1n) is 7.98. The molecule has 0 unspecified atom stereocenters. The van der Waals surface area contributed by atoms with Gasteiger partial charge in [0.05, 0.1) is 10.6 Å². The number of ether oxygens (including phenoxy) is 1. The first-order valence-corrected chi connectivity index (χ1v) is 7.98. The standard InChI is InChI=1S/C19H13FN2O6/c20-15-8-6-12(22(26)27)9-16(15)21-17(23)10-28-19(25)14-7-5-11-3-1-2-4-13(11)18(14)24/h1-9,24H,10H2,(H,21,23). The summed E-state index contributed by atoms with van der Waals surface area (Å²) >= 11 is 0. The van der Waals surface area contributed by atoms with Crippen LogP contribution in [0.4, 0.5) is 15.8 Å². The Bertz CT molecular complexity index is 1100. The molecule has 3 rings (SSSR count). The highest BCUT2D eigenvalue weighted by molar-refractivity contribution is 6.02. The van der Waals surface area contributed by atoms with Crippen LogP contribution in [0.25, 0.3) is 10.8 Å². The smallest absolute Gasteiger partial charge is 0.342 e. The van der Waals surface area contributed by atoms with Crippen LogP contribution in [-0.2, 0) is 9.53 Å². The minimum absolute atomic E-state index is 0.131. The van der Waals surface area contributed by atoms with Crippen LogP contribution in [0.3, 0.4) is 0 Å². The number of nitrogens with zero attached hydrogens (tertiary/aromatic N) is 1. The number of aromatic hydroxyl groups is 1. The number of halogens is 1. The van der Waals surface area contributed by atoms with Gasteiger partial charge in [0.25, 0.3) is 11.6 Å². The molecule has 8 nitrogen and oxygen atoms in total. The number of anilines is 1. The highest BCUT2D eigenvalue weighted by atomic mass is 19.1. The topological polar surface area (TPSA) is 119 Å². The number of phenols is 1. The lowest BCUT2D eigenvalue weighted by molar-refractivity contribution is -0.384. The van der Waals surface area contributed by atoms with E-state index in [0.717, 1.165) is 23.6 Å². The average molecular weight is 384 g/mol. The number of phenolic OH excluding ortho intramolecular Hbond substituents is 1. The van der Waals surface area contributed by atoms with Gasteiger partial charge in [0.1, 0.15) is 17.1 Å². The van der Waals surface area contributed by atoms with Crippen molar-refractivity contribution in [2.45, 2.75) is 0 Å². The fourth-order valence-electron chi connectivity index (χ4n) is 2.54. The van der Waals surface area contributed by atoms with E-state index in [2.05, 4.69) is 5.32 Å². The van der Waals surface area contributed by atoms with Crippen molar-refractivity contribution < 1.29 is 28.7 Å². The van der Waals surface area contributed by atoms with Gasteiger partial charge in [0.2, 0.25) is 0 Å². The quantitative estimate of drug-likeness (QED) is 0.395. The third-order valence-electron chi connectivity index (χ3n) is 3.89. The molecular weight excluding hydrogens is 371 g/mol. The fraction of sp³-hybridized carbons (Fsp3) is 0.0526. The van der Waals surface area contributed by atoms with Crippen molar-refractivity contribution in [2.75, 3.05) is 11.9 Å². The first-order chi connectivity index (χ1) is 13.4. The Morgan fingerprint density at radius 1 is 1.14 bits per heavy atom. The Morgan fingerprint density at radius 2 is 1.89 bits per heavy atom. The molecule has 3 aromatic carbocycles. The number of non-ortho nitro benzene ring substituents is 1. The van der Waals surface area contributed by atoms with E-state index in [1.165, 1.54) is 6.07 Å². The number of nitrogens with one attached hydrogen (secondary N) is 1. The van der Waals surface area contributed by atoms with Crippen LogP contribution < -0.4 is 5.32 Å². The number of esters is 1. The van der Waals surface area contributed by atoms with Gasteiger partial charge in [-0.15, -0.1) is 0 Å². The number of benzene rings is 3. The van der Waals surface area contributed by atoms with Crippen LogP contribution in [0.5, 0.6) is 5.75 Å². The van der Waals surface area contributed by atoms with Gasteiger partial charge in [-0.05, 0) is 17.5 Å². The number of rotatable bonds is 5. The number of carbonyl (C=O) groups is 2. The molecule has 1 amide bonds. The summed E-state index contributed by atoms with van der Waals surface area (Å²) in [5.74, 6) is -3.00. The molecule has 0 bridgehead atoms. The second-order valence-electron chi connectivity index (χ2n) is 5.73. The Kier molecular flexibility index (Phi) is 5.16. The molecule has 0 radical (unpaired) electrons. The zero-order chi connectivity index (χ0) is 20.3. The lowest BCUT2D eigenvalue weighted by atomic mass is 10.1. The zero-order valence-electron chi connectivity index (χ0n) is 14.2. The predicted octanol–water partition coefficient (Wildman–Crippen LogP) is 3.39. The molecule has 0 saturated carbocycles. The summed E-state index contributed by atoms with van der Waals surface area (Å²) in [5.41, 5.74) is -0.952. The number of fused-ring (bicyclic) bond motifs is 1. The van der Waals surface area contributed by atoms with Crippen LogP contribution in [0, 0.1) is 15.9 Å². The largest absolute Gasteiger partial charge is 0.506 e. The second kappa shape index (κ2) is 7.70. The van der Waals surface area contributed by atoms with Crippen molar-refractivity contribution in [3.8, 4) is 5.75 Å². The molecule has 3 aromatic rings. The summed E-state index contributed by atoms with van der Waals surface area (Å²) in [5, 5.41) is 24.2. The van der Waals surface area contributed by atoms with E-state index in [1.807, 2.05) is 0 Å². The van der Waals surface area contributed by atoms with Gasteiger partial charge in [-0.1, -0.05) is 30.3 Å². The summed E-state index contributed by atoms with van der Waals surface area (Å²) in [4.78, 5) is 34.0. The van der Waals surface area contributed by atoms with Crippen LogP contribution in [0.15, 0.2) is 54.6 Å². The summed E-state index contributed by atoms with van der Waals surface area (Å²) in [6, 6.07) is 12.5. The van der Waals surface area contributed by atoms with Gasteiger partial charge in [0.15, 0.2) is 6.61 Å². The molecular formula is C19H13FN2O6. The number of hydrogen-bond acceptors (Lipinski definition) is 6. The maximum absolute atomic E-state index is 13.7. The number of amides is 1. The van der Waals surface area contributed by atoms with E-state index in [0.29, 0.717) is 5.39 Å². The summed E-state index contributed by atoms with van der Waals surface area (Å²) in [7, 11) is 0. The number of hydrogen-bond donors (Lipinski definition) is 2. The van der Waals surface area contributed by atoms with Gasteiger partial charge < -0.3 is 15.2 Å². The Labute approximate surface area is 157 Å². The number of carbonyl (C=O) groups excluding carboxylic acids is 2. The molecule has 0 saturated heterocycles. The van der Waals surface area contributed by atoms with Gasteiger partial charge in [-0.25, -0.2) is 9.18 Å². The molecule has 2 N–H and O–H groups in total. The Balaban J connectivity index is 1.68. The van der Waals surface area contributed by atoms with Crippen LogP contribution in [0.2, 0.25) is 0 Å². The van der Waals surface area contributed by atoms with Gasteiger partial charge in [0, 0.05) is 17.5 Å². The Morgan fingerprint density at radius 3 is 2.64 bits per heavy atom. The van der Waals surface area contributed by atoms with E-state index in [4.69, 9.17) is 4.74 Å². The number of nitro groups is 1. The summed E-state index contributed by atoms with van der Waals surface area (Å²) in [6.07, 6.45) is 0. The maximum Gasteiger partial charge on any atom is 0.342 e. The summed E-state index contributed by atoms with van der Waals surface area (Å²) < 4.78 is 18.5. The molecule has 0 aromatic heterocycles. The van der Waals surface area contributed by atoms with Crippen molar-refractivity contribution in [1.29, 1.82) is 0 Å². The van der Waals surface area contributed by atoms with Gasteiger partial charge in [-0.2, -0.15) is 0 Å². The summed E-state index contributed by atoms with van der Waals surface area (Å²) in [6.45, 7) is -0.771. The molecule has 0 heterocycles. The third kappa shape index (κ3) is 3.88. The SMILES string of the molecule is O=C(COC(=O)c1ccc2ccccc2c1O)Nc1cc([N+](=O)[O-])ccc1F. The molecule has 0 aliphatic heterocycles. The van der Waals surface area contributed by atoms with Crippen LogP contribution in [0.1, 0.15) is 10.4 Å². The molecule has 9 heteroatoms. The van der Waals surface area contributed by atoms with Crippen molar-refractivity contribution in [3.63, 3.8) is 0 Å². The second-order valence-corrected chi connectivity index (χ2v) is 5.73. The molecule has 142 valence electrons. The van der Waals surface area contributed by atoms with E-state index in [-0.39, 0.29) is 11.3 Å². The first kappa shape index (κ1) is 18.8. The predicted molar refractivity (Wildman–Crippen MR) is 97.6 cm³/mol. The highest BCUT2D eigenvalue weighted by Gasteiger charge is 2.18. The minimum Gasteiger partial charge on any atom is -0.506 e. The molecule has 28 heavy (non-hydrogen) atoms. The molecule has 0 aliphatic rings. The molecule has 0 spiro atoms. The van der Waals surface area contributed by atoms with Gasteiger partial charge >= 0.3 is 5.97 Å². The molecule has 0 atom stereocenters. The van der Waals surface area contributed by atoms with Crippen molar-refractivity contribution in [1.82, 2.24) is 0 Å². The Hall–Kier alpha value is -4.01. The van der Waals surface area contributed by atoms with Crippen molar-refractivity contribution in [2.24, 2.45) is 0 Å². The molecule has 0 aliphatic carbocycles. The van der Waals surface area contributed by atoms with E-state index >= 15 is 0 Å². The van der Waals surface area contributed by atoms with E-state index in [1.54, 1.807) is 30.3 Å². The number of nitro benzene ring substituents is 1. The molecule has 0 fully saturated rings. The average Bonchev–Trinajstić information content (AvgIpc) is 2.68. The van der Waals surface area contributed by atoms with Crippen molar-refractivity contribution in [3.05, 3.63) is 76.1 Å². The zero-order valence-corrected chi connectivity index (χ0v) is 14.2. The van der Waals surface area contributed by atoms with Crippen LogP contribution in [-0.4, -0.2) is 28.5 Å². The third-order valence-corrected chi connectivity index (χ3v) is 3.89. The van der Waals surface area contributed by atoms with Crippen LogP contribution >= 0.6 is 0 Å². The normalized spacial score (nSPS) is 10.5. The van der Waals surface area contributed by atoms with E-state index < -0.39 is 40.6 Å². The van der Waals surface area contributed by atoms with Crippen molar-refractivity contribution >= 4 is 34.0 Å². The van der Waals surface area contributed by atoms with Gasteiger partial charge in [-0.3, -0.25) is 14.9 Å². The minimum atomic E-state index is -0.946. The monoisotopic (exact) mass is 384 g/mol. The fourth-order valence-corrected chi connectivity index (χ4v) is 2.54. The lowest BCUT2D eigenvalue weighted by Gasteiger charge is -2.09. The highest BCUT2D eigenvalue weighted by Crippen LogP contribution is 2.29.